The SMILES string of the molecule is Cc1cccc(C)c1C(NN)c1ccco1. The fourth-order valence-corrected chi connectivity index (χ4v) is 2.05. The summed E-state index contributed by atoms with van der Waals surface area (Å²) in [5, 5.41) is 0. The van der Waals surface area contributed by atoms with Gasteiger partial charge in [-0.25, -0.2) is 5.43 Å². The summed E-state index contributed by atoms with van der Waals surface area (Å²) in [4.78, 5) is 0. The van der Waals surface area contributed by atoms with Crippen molar-refractivity contribution in [1.82, 2.24) is 5.43 Å². The molecule has 0 amide bonds. The van der Waals surface area contributed by atoms with Crippen LogP contribution in [0.5, 0.6) is 0 Å². The molecule has 3 N–H and O–H groups in total. The second kappa shape index (κ2) is 4.51. The van der Waals surface area contributed by atoms with Crippen molar-refractivity contribution in [2.24, 2.45) is 5.84 Å². The Labute approximate surface area is 95.2 Å². The minimum atomic E-state index is -0.0869. The number of nitrogens with one attached hydrogen (secondary N) is 1. The Bertz CT molecular complexity index is 443. The van der Waals surface area contributed by atoms with Gasteiger partial charge in [-0.1, -0.05) is 18.2 Å². The molecule has 84 valence electrons. The summed E-state index contributed by atoms with van der Waals surface area (Å²) in [5.41, 5.74) is 6.40. The minimum absolute atomic E-state index is 0.0869. The molecule has 0 saturated heterocycles. The molecule has 2 rings (SSSR count). The summed E-state index contributed by atoms with van der Waals surface area (Å²) >= 11 is 0. The molecule has 1 aromatic carbocycles. The smallest absolute Gasteiger partial charge is 0.126 e. The maximum Gasteiger partial charge on any atom is 0.126 e. The Morgan fingerprint density at radius 1 is 1.12 bits per heavy atom. The molecule has 0 bridgehead atoms. The van der Waals surface area contributed by atoms with Gasteiger partial charge in [-0.3, -0.25) is 5.84 Å². The molecule has 1 aromatic heterocycles. The van der Waals surface area contributed by atoms with Crippen LogP contribution in [0.15, 0.2) is 41.0 Å². The lowest BCUT2D eigenvalue weighted by Crippen LogP contribution is -2.29. The van der Waals surface area contributed by atoms with Crippen LogP contribution in [0.25, 0.3) is 0 Å². The van der Waals surface area contributed by atoms with Crippen molar-refractivity contribution in [3.63, 3.8) is 0 Å². The van der Waals surface area contributed by atoms with Gasteiger partial charge in [0.25, 0.3) is 0 Å². The zero-order valence-corrected chi connectivity index (χ0v) is 9.53. The first-order valence-electron chi connectivity index (χ1n) is 5.29. The number of aryl methyl sites for hydroxylation is 2. The summed E-state index contributed by atoms with van der Waals surface area (Å²) in [6, 6.07) is 9.91. The number of nitrogens with two attached hydrogens (primary N) is 1. The maximum atomic E-state index is 5.62. The molecule has 1 heterocycles. The van der Waals surface area contributed by atoms with Gasteiger partial charge in [0.05, 0.1) is 6.26 Å². The molecule has 0 fully saturated rings. The van der Waals surface area contributed by atoms with E-state index in [1.54, 1.807) is 6.26 Å². The number of benzene rings is 1. The van der Waals surface area contributed by atoms with Crippen LogP contribution in [-0.2, 0) is 0 Å². The number of hydrogen-bond acceptors (Lipinski definition) is 3. The first-order chi connectivity index (χ1) is 7.74. The van der Waals surface area contributed by atoms with E-state index in [0.29, 0.717) is 0 Å². The van der Waals surface area contributed by atoms with Gasteiger partial charge in [0.2, 0.25) is 0 Å². The van der Waals surface area contributed by atoms with Crippen LogP contribution >= 0.6 is 0 Å². The van der Waals surface area contributed by atoms with Crippen molar-refractivity contribution in [1.29, 1.82) is 0 Å². The van der Waals surface area contributed by atoms with Gasteiger partial charge in [0, 0.05) is 0 Å². The molecule has 0 saturated carbocycles. The lowest BCUT2D eigenvalue weighted by atomic mass is 9.95. The van der Waals surface area contributed by atoms with E-state index < -0.39 is 0 Å². The van der Waals surface area contributed by atoms with Crippen molar-refractivity contribution >= 4 is 0 Å². The van der Waals surface area contributed by atoms with Crippen LogP contribution < -0.4 is 11.3 Å². The number of hydrogen-bond donors (Lipinski definition) is 2. The molecule has 0 spiro atoms. The molecule has 0 aliphatic carbocycles. The van der Waals surface area contributed by atoms with E-state index in [4.69, 9.17) is 10.3 Å². The van der Waals surface area contributed by atoms with Crippen LogP contribution in [0.1, 0.15) is 28.5 Å². The summed E-state index contributed by atoms with van der Waals surface area (Å²) < 4.78 is 5.41. The van der Waals surface area contributed by atoms with Crippen molar-refractivity contribution in [3.05, 3.63) is 59.0 Å². The second-order valence-corrected chi connectivity index (χ2v) is 3.92. The average Bonchev–Trinajstić information content (AvgIpc) is 2.77. The highest BCUT2D eigenvalue weighted by Crippen LogP contribution is 2.27. The van der Waals surface area contributed by atoms with E-state index in [0.717, 1.165) is 5.76 Å². The Morgan fingerprint density at radius 2 is 1.81 bits per heavy atom. The molecule has 0 aliphatic heterocycles. The van der Waals surface area contributed by atoms with Gasteiger partial charge in [0.15, 0.2) is 0 Å². The third kappa shape index (κ3) is 1.87. The van der Waals surface area contributed by atoms with Gasteiger partial charge in [-0.2, -0.15) is 0 Å². The van der Waals surface area contributed by atoms with Crippen LogP contribution in [0.4, 0.5) is 0 Å². The van der Waals surface area contributed by atoms with Crippen molar-refractivity contribution in [3.8, 4) is 0 Å². The number of rotatable bonds is 3. The topological polar surface area (TPSA) is 51.2 Å². The summed E-state index contributed by atoms with van der Waals surface area (Å²) in [6.07, 6.45) is 1.66. The Hall–Kier alpha value is -1.58. The molecule has 3 heteroatoms. The zero-order chi connectivity index (χ0) is 11.5. The third-order valence-electron chi connectivity index (χ3n) is 2.83. The summed E-state index contributed by atoms with van der Waals surface area (Å²) in [6.45, 7) is 4.16. The molecule has 2 aromatic rings. The minimum Gasteiger partial charge on any atom is -0.467 e. The van der Waals surface area contributed by atoms with E-state index >= 15 is 0 Å². The van der Waals surface area contributed by atoms with E-state index in [9.17, 15) is 0 Å². The highest BCUT2D eigenvalue weighted by Gasteiger charge is 2.18. The fraction of sp³-hybridized carbons (Fsp3) is 0.231. The predicted molar refractivity (Wildman–Crippen MR) is 63.8 cm³/mol. The molecule has 1 atom stereocenters. The van der Waals surface area contributed by atoms with Gasteiger partial charge < -0.3 is 4.42 Å². The largest absolute Gasteiger partial charge is 0.467 e. The molecule has 3 nitrogen and oxygen atoms in total. The van der Waals surface area contributed by atoms with Gasteiger partial charge in [-0.15, -0.1) is 0 Å². The van der Waals surface area contributed by atoms with Crippen LogP contribution in [0.3, 0.4) is 0 Å². The number of hydrazine groups is 1. The monoisotopic (exact) mass is 216 g/mol. The van der Waals surface area contributed by atoms with E-state index in [-0.39, 0.29) is 6.04 Å². The highest BCUT2D eigenvalue weighted by molar-refractivity contribution is 5.39. The highest BCUT2D eigenvalue weighted by atomic mass is 16.3. The average molecular weight is 216 g/mol. The molecular formula is C13H16N2O. The zero-order valence-electron chi connectivity index (χ0n) is 9.53. The first kappa shape index (κ1) is 10.9. The van der Waals surface area contributed by atoms with Gasteiger partial charge >= 0.3 is 0 Å². The summed E-state index contributed by atoms with van der Waals surface area (Å²) in [5.74, 6) is 6.46. The molecular weight excluding hydrogens is 200 g/mol. The standard InChI is InChI=1S/C13H16N2O/c1-9-5-3-6-10(2)12(9)13(15-14)11-7-4-8-16-11/h3-8,13,15H,14H2,1-2H3. The maximum absolute atomic E-state index is 5.62. The van der Waals surface area contributed by atoms with Crippen LogP contribution in [-0.4, -0.2) is 0 Å². The van der Waals surface area contributed by atoms with Crippen LogP contribution in [0, 0.1) is 13.8 Å². The molecule has 0 radical (unpaired) electrons. The van der Waals surface area contributed by atoms with E-state index in [2.05, 4.69) is 31.4 Å². The normalized spacial score (nSPS) is 12.7. The second-order valence-electron chi connectivity index (χ2n) is 3.92. The Kier molecular flexibility index (Phi) is 3.08. The quantitative estimate of drug-likeness (QED) is 0.612. The summed E-state index contributed by atoms with van der Waals surface area (Å²) in [7, 11) is 0. The first-order valence-corrected chi connectivity index (χ1v) is 5.29. The third-order valence-corrected chi connectivity index (χ3v) is 2.83. The predicted octanol–water partition coefficient (Wildman–Crippen LogP) is 2.45. The van der Waals surface area contributed by atoms with Crippen molar-refractivity contribution < 1.29 is 4.42 Å². The molecule has 16 heavy (non-hydrogen) atoms. The fourth-order valence-electron chi connectivity index (χ4n) is 2.05. The van der Waals surface area contributed by atoms with E-state index in [1.165, 1.54) is 16.7 Å². The van der Waals surface area contributed by atoms with Crippen LogP contribution in [0.2, 0.25) is 0 Å². The molecule has 0 aliphatic rings. The number of furan rings is 1. The lowest BCUT2D eigenvalue weighted by Gasteiger charge is -2.18. The van der Waals surface area contributed by atoms with Gasteiger partial charge in [0.1, 0.15) is 11.8 Å². The molecule has 1 unspecified atom stereocenters. The Morgan fingerprint density at radius 3 is 2.31 bits per heavy atom. The van der Waals surface area contributed by atoms with Crippen molar-refractivity contribution in [2.45, 2.75) is 19.9 Å². The van der Waals surface area contributed by atoms with Gasteiger partial charge in [-0.05, 0) is 42.7 Å². The van der Waals surface area contributed by atoms with Crippen molar-refractivity contribution in [2.75, 3.05) is 0 Å². The van der Waals surface area contributed by atoms with E-state index in [1.807, 2.05) is 18.2 Å². The Balaban J connectivity index is 2.49. The lowest BCUT2D eigenvalue weighted by molar-refractivity contribution is 0.450.